The van der Waals surface area contributed by atoms with Crippen LogP contribution in [-0.4, -0.2) is 20.2 Å². The molecule has 0 unspecified atom stereocenters. The lowest BCUT2D eigenvalue weighted by atomic mass is 10.1. The number of para-hydroxylation sites is 1. The van der Waals surface area contributed by atoms with E-state index >= 15 is 0 Å². The maximum atomic E-state index is 11.5. The fourth-order valence-electron chi connectivity index (χ4n) is 2.02. The summed E-state index contributed by atoms with van der Waals surface area (Å²) >= 11 is 5.60. The molecule has 0 radical (unpaired) electrons. The molecule has 0 bridgehead atoms. The highest BCUT2D eigenvalue weighted by atomic mass is 35.5. The molecule has 20 heavy (non-hydrogen) atoms. The van der Waals surface area contributed by atoms with Crippen molar-refractivity contribution in [2.45, 2.75) is 0 Å². The van der Waals surface area contributed by atoms with Crippen molar-refractivity contribution in [3.05, 3.63) is 66.4 Å². The molecule has 5 heteroatoms. The minimum absolute atomic E-state index is 0.154. The Balaban J connectivity index is 2.25. The molecule has 4 nitrogen and oxygen atoms in total. The second-order valence-electron chi connectivity index (χ2n) is 4.17. The molecule has 3 rings (SSSR count). The number of aromatic nitrogens is 3. The molecule has 0 aliphatic carbocycles. The number of rotatable bonds is 3. The van der Waals surface area contributed by atoms with E-state index in [9.17, 15) is 4.79 Å². The SMILES string of the molecule is O=C(Cl)c1nnn(-c2ccccc2)c1-c1ccccc1. The third-order valence-electron chi connectivity index (χ3n) is 2.90. The zero-order valence-corrected chi connectivity index (χ0v) is 11.2. The van der Waals surface area contributed by atoms with Crippen LogP contribution in [0.4, 0.5) is 0 Å². The summed E-state index contributed by atoms with van der Waals surface area (Å²) in [5, 5.41) is 7.33. The van der Waals surface area contributed by atoms with Crippen molar-refractivity contribution in [1.82, 2.24) is 15.0 Å². The van der Waals surface area contributed by atoms with Crippen LogP contribution in [0, 0.1) is 0 Å². The van der Waals surface area contributed by atoms with Gasteiger partial charge in [-0.05, 0) is 23.7 Å². The number of benzene rings is 2. The minimum Gasteiger partial charge on any atom is -0.274 e. The highest BCUT2D eigenvalue weighted by Crippen LogP contribution is 2.25. The molecule has 98 valence electrons. The fourth-order valence-corrected chi connectivity index (χ4v) is 2.15. The van der Waals surface area contributed by atoms with E-state index in [-0.39, 0.29) is 5.69 Å². The van der Waals surface area contributed by atoms with E-state index in [1.165, 1.54) is 0 Å². The molecule has 0 fully saturated rings. The minimum atomic E-state index is -0.619. The van der Waals surface area contributed by atoms with Gasteiger partial charge in [0.05, 0.1) is 5.69 Å². The van der Waals surface area contributed by atoms with Crippen LogP contribution in [0.25, 0.3) is 16.9 Å². The van der Waals surface area contributed by atoms with E-state index in [4.69, 9.17) is 11.6 Å². The van der Waals surface area contributed by atoms with Crippen molar-refractivity contribution in [3.8, 4) is 16.9 Å². The van der Waals surface area contributed by atoms with Gasteiger partial charge in [0.1, 0.15) is 5.69 Å². The molecule has 0 amide bonds. The zero-order chi connectivity index (χ0) is 13.9. The molecule has 0 N–H and O–H groups in total. The number of hydrogen-bond acceptors (Lipinski definition) is 3. The summed E-state index contributed by atoms with van der Waals surface area (Å²) in [5.74, 6) is 0. The number of carbonyl (C=O) groups excluding carboxylic acids is 1. The first-order valence-electron chi connectivity index (χ1n) is 6.04. The van der Waals surface area contributed by atoms with Crippen LogP contribution >= 0.6 is 11.6 Å². The maximum absolute atomic E-state index is 11.5. The zero-order valence-electron chi connectivity index (χ0n) is 10.4. The van der Waals surface area contributed by atoms with Gasteiger partial charge in [0.25, 0.3) is 5.24 Å². The number of carbonyl (C=O) groups is 1. The van der Waals surface area contributed by atoms with E-state index in [1.807, 2.05) is 60.7 Å². The Bertz CT molecular complexity index is 738. The predicted octanol–water partition coefficient (Wildman–Crippen LogP) is 3.31. The average Bonchev–Trinajstić information content (AvgIpc) is 2.94. The third kappa shape index (κ3) is 2.21. The van der Waals surface area contributed by atoms with Crippen molar-refractivity contribution in [3.63, 3.8) is 0 Å². The molecule has 1 heterocycles. The van der Waals surface area contributed by atoms with Crippen LogP contribution in [0.2, 0.25) is 0 Å². The normalized spacial score (nSPS) is 10.4. The Morgan fingerprint density at radius 3 is 2.15 bits per heavy atom. The molecule has 0 saturated heterocycles. The monoisotopic (exact) mass is 283 g/mol. The summed E-state index contributed by atoms with van der Waals surface area (Å²) in [5.41, 5.74) is 2.41. The molecular weight excluding hydrogens is 274 g/mol. The van der Waals surface area contributed by atoms with Gasteiger partial charge >= 0.3 is 0 Å². The summed E-state index contributed by atoms with van der Waals surface area (Å²) < 4.78 is 1.62. The Morgan fingerprint density at radius 2 is 1.55 bits per heavy atom. The van der Waals surface area contributed by atoms with Gasteiger partial charge in [-0.2, -0.15) is 0 Å². The van der Waals surface area contributed by atoms with Gasteiger partial charge < -0.3 is 0 Å². The van der Waals surface area contributed by atoms with E-state index in [0.717, 1.165) is 11.3 Å². The van der Waals surface area contributed by atoms with Crippen LogP contribution < -0.4 is 0 Å². The lowest BCUT2D eigenvalue weighted by molar-refractivity contribution is 0.107. The summed E-state index contributed by atoms with van der Waals surface area (Å²) in [7, 11) is 0. The van der Waals surface area contributed by atoms with E-state index in [0.29, 0.717) is 5.69 Å². The summed E-state index contributed by atoms with van der Waals surface area (Å²) in [6.45, 7) is 0. The van der Waals surface area contributed by atoms with Gasteiger partial charge in [-0.1, -0.05) is 53.7 Å². The van der Waals surface area contributed by atoms with Crippen molar-refractivity contribution < 1.29 is 4.79 Å². The maximum Gasteiger partial charge on any atom is 0.275 e. The molecule has 0 aliphatic heterocycles. The highest BCUT2D eigenvalue weighted by molar-refractivity contribution is 6.67. The highest BCUT2D eigenvalue weighted by Gasteiger charge is 2.20. The van der Waals surface area contributed by atoms with E-state index in [2.05, 4.69) is 10.3 Å². The van der Waals surface area contributed by atoms with Crippen LogP contribution in [0.3, 0.4) is 0 Å². The molecule has 0 atom stereocenters. The van der Waals surface area contributed by atoms with Crippen LogP contribution in [0.15, 0.2) is 60.7 Å². The largest absolute Gasteiger partial charge is 0.275 e. The van der Waals surface area contributed by atoms with Gasteiger partial charge in [0.15, 0.2) is 5.69 Å². The molecular formula is C15H10ClN3O. The Morgan fingerprint density at radius 1 is 0.950 bits per heavy atom. The van der Waals surface area contributed by atoms with E-state index in [1.54, 1.807) is 4.68 Å². The van der Waals surface area contributed by atoms with Crippen molar-refractivity contribution in [1.29, 1.82) is 0 Å². The predicted molar refractivity (Wildman–Crippen MR) is 77.0 cm³/mol. The fraction of sp³-hybridized carbons (Fsp3) is 0. The lowest BCUT2D eigenvalue weighted by Gasteiger charge is -2.06. The van der Waals surface area contributed by atoms with Crippen LogP contribution in [0.1, 0.15) is 10.5 Å². The summed E-state index contributed by atoms with van der Waals surface area (Å²) in [6.07, 6.45) is 0. The Labute approximate surface area is 120 Å². The Hall–Kier alpha value is -2.46. The van der Waals surface area contributed by atoms with Gasteiger partial charge in [0, 0.05) is 5.56 Å². The molecule has 3 aromatic rings. The second kappa shape index (κ2) is 5.27. The summed E-state index contributed by atoms with van der Waals surface area (Å²) in [6, 6.07) is 19.0. The lowest BCUT2D eigenvalue weighted by Crippen LogP contribution is -2.00. The van der Waals surface area contributed by atoms with Crippen molar-refractivity contribution in [2.75, 3.05) is 0 Å². The second-order valence-corrected chi connectivity index (χ2v) is 4.52. The summed E-state index contributed by atoms with van der Waals surface area (Å²) in [4.78, 5) is 11.5. The van der Waals surface area contributed by atoms with Crippen molar-refractivity contribution >= 4 is 16.8 Å². The van der Waals surface area contributed by atoms with E-state index < -0.39 is 5.24 Å². The topological polar surface area (TPSA) is 47.8 Å². The first-order chi connectivity index (χ1) is 9.77. The molecule has 0 spiro atoms. The third-order valence-corrected chi connectivity index (χ3v) is 3.08. The van der Waals surface area contributed by atoms with Gasteiger partial charge in [0.2, 0.25) is 0 Å². The number of nitrogens with zero attached hydrogens (tertiary/aromatic N) is 3. The van der Waals surface area contributed by atoms with Crippen LogP contribution in [-0.2, 0) is 0 Å². The van der Waals surface area contributed by atoms with Gasteiger partial charge in [-0.3, -0.25) is 4.79 Å². The first kappa shape index (κ1) is 12.6. The van der Waals surface area contributed by atoms with Gasteiger partial charge in [-0.15, -0.1) is 5.10 Å². The standard InChI is InChI=1S/C15H10ClN3O/c16-15(20)13-14(11-7-3-1-4-8-11)19(18-17-13)12-9-5-2-6-10-12/h1-10H. The molecule has 2 aromatic carbocycles. The Kier molecular flexibility index (Phi) is 3.31. The first-order valence-corrected chi connectivity index (χ1v) is 6.41. The smallest absolute Gasteiger partial charge is 0.274 e. The van der Waals surface area contributed by atoms with Crippen molar-refractivity contribution in [2.24, 2.45) is 0 Å². The molecule has 0 saturated carbocycles. The van der Waals surface area contributed by atoms with Crippen LogP contribution in [0.5, 0.6) is 0 Å². The van der Waals surface area contributed by atoms with Gasteiger partial charge in [-0.25, -0.2) is 4.68 Å². The average molecular weight is 284 g/mol. The number of halogens is 1. The molecule has 0 aliphatic rings. The molecule has 1 aromatic heterocycles. The number of hydrogen-bond donors (Lipinski definition) is 0. The quantitative estimate of drug-likeness (QED) is 0.693.